The minimum atomic E-state index is -1.50. The van der Waals surface area contributed by atoms with Gasteiger partial charge >= 0.3 is 0 Å². The first kappa shape index (κ1) is 14.7. The number of halogens is 2. The Bertz CT molecular complexity index is 312. The normalized spacial score (nSPS) is 36.4. The van der Waals surface area contributed by atoms with Gasteiger partial charge in [0.25, 0.3) is 6.08 Å². The van der Waals surface area contributed by atoms with Crippen molar-refractivity contribution in [3.05, 3.63) is 24.3 Å². The molecule has 0 N–H and O–H groups in total. The van der Waals surface area contributed by atoms with Gasteiger partial charge in [0.15, 0.2) is 0 Å². The van der Waals surface area contributed by atoms with Crippen molar-refractivity contribution in [1.29, 1.82) is 0 Å². The van der Waals surface area contributed by atoms with Gasteiger partial charge in [-0.25, -0.2) is 0 Å². The van der Waals surface area contributed by atoms with Crippen molar-refractivity contribution < 1.29 is 8.78 Å². The standard InChI is InChI=1S/C17H26F2/c1-13-2-4-14(5-3-13)6-7-15-8-10-16(11-9-15)12-17(18)19/h6-7,12-16H,2-5,8-11H2,1H3. The lowest BCUT2D eigenvalue weighted by Crippen LogP contribution is -2.13. The molecule has 19 heavy (non-hydrogen) atoms. The van der Waals surface area contributed by atoms with Crippen molar-refractivity contribution in [3.63, 3.8) is 0 Å². The molecule has 0 saturated heterocycles. The van der Waals surface area contributed by atoms with E-state index in [1.807, 2.05) is 0 Å². The van der Waals surface area contributed by atoms with Crippen LogP contribution >= 0.6 is 0 Å². The van der Waals surface area contributed by atoms with Crippen LogP contribution in [0.2, 0.25) is 0 Å². The van der Waals surface area contributed by atoms with Crippen LogP contribution in [0.1, 0.15) is 58.3 Å². The summed E-state index contributed by atoms with van der Waals surface area (Å²) in [4.78, 5) is 0. The Morgan fingerprint density at radius 1 is 0.737 bits per heavy atom. The van der Waals surface area contributed by atoms with Crippen LogP contribution in [0.5, 0.6) is 0 Å². The van der Waals surface area contributed by atoms with E-state index in [1.54, 1.807) is 0 Å². The zero-order valence-electron chi connectivity index (χ0n) is 12.0. The molecule has 2 heteroatoms. The van der Waals surface area contributed by atoms with Gasteiger partial charge in [0.1, 0.15) is 0 Å². The molecule has 2 fully saturated rings. The topological polar surface area (TPSA) is 0 Å². The summed E-state index contributed by atoms with van der Waals surface area (Å²) in [6, 6.07) is 0. The van der Waals surface area contributed by atoms with E-state index in [9.17, 15) is 8.78 Å². The first-order valence-electron chi connectivity index (χ1n) is 7.84. The molecule has 2 aliphatic rings. The largest absolute Gasteiger partial charge is 0.266 e. The van der Waals surface area contributed by atoms with Crippen LogP contribution in [0.3, 0.4) is 0 Å². The third-order valence-corrected chi connectivity index (χ3v) is 4.89. The number of allylic oxidation sites excluding steroid dienone is 3. The maximum absolute atomic E-state index is 12.2. The molecule has 0 bridgehead atoms. The van der Waals surface area contributed by atoms with Crippen molar-refractivity contribution in [3.8, 4) is 0 Å². The highest BCUT2D eigenvalue weighted by atomic mass is 19.3. The van der Waals surface area contributed by atoms with E-state index in [-0.39, 0.29) is 5.92 Å². The van der Waals surface area contributed by atoms with Gasteiger partial charge < -0.3 is 0 Å². The third-order valence-electron chi connectivity index (χ3n) is 4.89. The molecule has 0 aromatic heterocycles. The van der Waals surface area contributed by atoms with E-state index in [0.717, 1.165) is 43.6 Å². The third kappa shape index (κ3) is 5.08. The fourth-order valence-electron chi connectivity index (χ4n) is 3.47. The number of rotatable bonds is 3. The molecule has 2 saturated carbocycles. The molecule has 2 aliphatic carbocycles. The van der Waals surface area contributed by atoms with Gasteiger partial charge in [-0.05, 0) is 68.3 Å². The molecule has 0 nitrogen and oxygen atoms in total. The van der Waals surface area contributed by atoms with Gasteiger partial charge in [0, 0.05) is 0 Å². The molecule has 0 heterocycles. The Balaban J connectivity index is 1.72. The van der Waals surface area contributed by atoms with Crippen LogP contribution in [-0.2, 0) is 0 Å². The van der Waals surface area contributed by atoms with Gasteiger partial charge in [-0.3, -0.25) is 0 Å². The zero-order valence-corrected chi connectivity index (χ0v) is 12.0. The lowest BCUT2D eigenvalue weighted by atomic mass is 9.79. The van der Waals surface area contributed by atoms with Crippen molar-refractivity contribution >= 4 is 0 Å². The second kappa shape index (κ2) is 7.21. The Morgan fingerprint density at radius 2 is 1.16 bits per heavy atom. The van der Waals surface area contributed by atoms with Crippen molar-refractivity contribution in [2.45, 2.75) is 58.3 Å². The van der Waals surface area contributed by atoms with Crippen LogP contribution < -0.4 is 0 Å². The summed E-state index contributed by atoms with van der Waals surface area (Å²) in [6.45, 7) is 2.35. The molecule has 0 amide bonds. The average molecular weight is 268 g/mol. The summed E-state index contributed by atoms with van der Waals surface area (Å²) in [6.07, 6.45) is 13.9. The SMILES string of the molecule is CC1CCC(C=CC2CCC(C=C(F)F)CC2)CC1. The number of hydrogen-bond donors (Lipinski definition) is 0. The fraction of sp³-hybridized carbons (Fsp3) is 0.765. The molecular weight excluding hydrogens is 242 g/mol. The minimum absolute atomic E-state index is 0.116. The predicted molar refractivity (Wildman–Crippen MR) is 76.0 cm³/mol. The van der Waals surface area contributed by atoms with E-state index in [4.69, 9.17) is 0 Å². The molecule has 0 radical (unpaired) electrons. The smallest absolute Gasteiger partial charge is 0.174 e. The maximum atomic E-state index is 12.2. The Labute approximate surface area is 116 Å². The van der Waals surface area contributed by atoms with Crippen molar-refractivity contribution in [1.82, 2.24) is 0 Å². The van der Waals surface area contributed by atoms with Gasteiger partial charge in [0.2, 0.25) is 0 Å². The van der Waals surface area contributed by atoms with Crippen LogP contribution in [0.15, 0.2) is 24.3 Å². The van der Waals surface area contributed by atoms with Gasteiger partial charge in [-0.15, -0.1) is 0 Å². The quantitative estimate of drug-likeness (QED) is 0.554. The molecule has 108 valence electrons. The highest BCUT2D eigenvalue weighted by molar-refractivity contribution is 4.98. The van der Waals surface area contributed by atoms with Crippen molar-refractivity contribution in [2.24, 2.45) is 23.7 Å². The summed E-state index contributed by atoms with van der Waals surface area (Å²) in [5, 5.41) is 0. The van der Waals surface area contributed by atoms with Gasteiger partial charge in [0.05, 0.1) is 0 Å². The molecule has 0 atom stereocenters. The van der Waals surface area contributed by atoms with Crippen LogP contribution in [0.4, 0.5) is 8.78 Å². The van der Waals surface area contributed by atoms with Crippen LogP contribution in [-0.4, -0.2) is 0 Å². The Hall–Kier alpha value is -0.660. The second-order valence-electron chi connectivity index (χ2n) is 6.54. The summed E-state index contributed by atoms with van der Waals surface area (Å²) in [5.74, 6) is 2.43. The monoisotopic (exact) mass is 268 g/mol. The van der Waals surface area contributed by atoms with Gasteiger partial charge in [-0.2, -0.15) is 8.78 Å². The van der Waals surface area contributed by atoms with E-state index < -0.39 is 6.08 Å². The minimum Gasteiger partial charge on any atom is -0.174 e. The predicted octanol–water partition coefficient (Wildman–Crippen LogP) is 5.96. The summed E-state index contributed by atoms with van der Waals surface area (Å²) in [5.41, 5.74) is 0. The molecule has 0 spiro atoms. The summed E-state index contributed by atoms with van der Waals surface area (Å²) < 4.78 is 24.4. The first-order chi connectivity index (χ1) is 9.13. The maximum Gasteiger partial charge on any atom is 0.266 e. The molecule has 0 unspecified atom stereocenters. The molecule has 2 rings (SSSR count). The second-order valence-corrected chi connectivity index (χ2v) is 6.54. The van der Waals surface area contributed by atoms with E-state index in [0.29, 0.717) is 5.92 Å². The Kier molecular flexibility index (Phi) is 5.59. The lowest BCUT2D eigenvalue weighted by Gasteiger charge is -2.26. The Morgan fingerprint density at radius 3 is 1.63 bits per heavy atom. The van der Waals surface area contributed by atoms with Gasteiger partial charge in [-0.1, -0.05) is 31.9 Å². The van der Waals surface area contributed by atoms with Crippen molar-refractivity contribution in [2.75, 3.05) is 0 Å². The molecular formula is C17H26F2. The molecule has 0 aliphatic heterocycles. The van der Waals surface area contributed by atoms with E-state index in [1.165, 1.54) is 25.7 Å². The average Bonchev–Trinajstić information content (AvgIpc) is 2.39. The summed E-state index contributed by atoms with van der Waals surface area (Å²) >= 11 is 0. The van der Waals surface area contributed by atoms with Crippen LogP contribution in [0, 0.1) is 23.7 Å². The zero-order chi connectivity index (χ0) is 13.7. The van der Waals surface area contributed by atoms with E-state index >= 15 is 0 Å². The molecule has 0 aromatic rings. The lowest BCUT2D eigenvalue weighted by molar-refractivity contribution is 0.322. The highest BCUT2D eigenvalue weighted by Gasteiger charge is 2.20. The highest BCUT2D eigenvalue weighted by Crippen LogP contribution is 2.33. The first-order valence-corrected chi connectivity index (χ1v) is 7.84. The van der Waals surface area contributed by atoms with E-state index in [2.05, 4.69) is 19.1 Å². The molecule has 0 aromatic carbocycles. The summed E-state index contributed by atoms with van der Waals surface area (Å²) in [7, 11) is 0. The fourth-order valence-corrected chi connectivity index (χ4v) is 3.47. The van der Waals surface area contributed by atoms with Crippen LogP contribution in [0.25, 0.3) is 0 Å². The number of hydrogen-bond acceptors (Lipinski definition) is 0.